The first-order chi connectivity index (χ1) is 20.0. The van der Waals surface area contributed by atoms with E-state index < -0.39 is 46.9 Å². The molecule has 226 valence electrons. The maximum atomic E-state index is 14.0. The molecule has 5 heterocycles. The van der Waals surface area contributed by atoms with E-state index >= 15 is 0 Å². The Bertz CT molecular complexity index is 1920. The van der Waals surface area contributed by atoms with Crippen molar-refractivity contribution >= 4 is 44.7 Å². The lowest BCUT2D eigenvalue weighted by molar-refractivity contribution is -0.142. The normalized spacial score (nSPS) is 12.5. The molecule has 0 spiro atoms. The third-order valence-electron chi connectivity index (χ3n) is 6.78. The van der Waals surface area contributed by atoms with E-state index in [-0.39, 0.29) is 37.7 Å². The molecule has 0 unspecified atom stereocenters. The van der Waals surface area contributed by atoms with Crippen LogP contribution in [0.15, 0.2) is 24.4 Å². The zero-order valence-corrected chi connectivity index (χ0v) is 24.3. The predicted octanol–water partition coefficient (Wildman–Crippen LogP) is 6.14. The van der Waals surface area contributed by atoms with Crippen LogP contribution in [0.5, 0.6) is 0 Å². The molecule has 0 radical (unpaired) electrons. The molecular weight excluding hydrogens is 595 g/mol. The Balaban J connectivity index is 1.70. The Labute approximate surface area is 244 Å². The first-order valence-electron chi connectivity index (χ1n) is 12.9. The van der Waals surface area contributed by atoms with Crippen LogP contribution in [0.3, 0.4) is 0 Å². The van der Waals surface area contributed by atoms with Crippen LogP contribution >= 0.6 is 11.3 Å². The van der Waals surface area contributed by atoms with Crippen molar-refractivity contribution in [3.63, 3.8) is 0 Å². The van der Waals surface area contributed by atoms with Gasteiger partial charge in [0.15, 0.2) is 11.3 Å². The molecule has 0 saturated carbocycles. The van der Waals surface area contributed by atoms with E-state index in [4.69, 9.17) is 5.73 Å². The molecule has 0 saturated heterocycles. The molecule has 0 aliphatic carbocycles. The summed E-state index contributed by atoms with van der Waals surface area (Å²) in [6, 6.07) is 3.10. The van der Waals surface area contributed by atoms with Crippen LogP contribution in [0, 0.1) is 6.92 Å². The van der Waals surface area contributed by atoms with Gasteiger partial charge in [-0.2, -0.15) is 23.4 Å². The van der Waals surface area contributed by atoms with Crippen LogP contribution in [-0.4, -0.2) is 41.2 Å². The largest absolute Gasteiger partial charge is 0.433 e. The van der Waals surface area contributed by atoms with Crippen molar-refractivity contribution in [2.45, 2.75) is 59.2 Å². The van der Waals surface area contributed by atoms with Gasteiger partial charge in [0, 0.05) is 34.7 Å². The summed E-state index contributed by atoms with van der Waals surface area (Å²) in [5, 5.41) is 10.8. The summed E-state index contributed by atoms with van der Waals surface area (Å²) < 4.78 is 71.7. The predicted molar refractivity (Wildman–Crippen MR) is 149 cm³/mol. The minimum atomic E-state index is -4.81. The highest BCUT2D eigenvalue weighted by Gasteiger charge is 2.37. The number of thiophene rings is 1. The van der Waals surface area contributed by atoms with E-state index in [0.29, 0.717) is 33.7 Å². The number of fused-ring (bicyclic) bond motifs is 2. The number of anilines is 1. The summed E-state index contributed by atoms with van der Waals surface area (Å²) in [5.41, 5.74) is 3.77. The molecule has 16 heteroatoms. The number of alkyl halides is 5. The maximum Gasteiger partial charge on any atom is 0.433 e. The lowest BCUT2D eigenvalue weighted by Crippen LogP contribution is -2.20. The SMILES string of the molecule is CCn1ncc(-c2cc(C(F)F)nc3sc(C(N)=O)c(NC(=O)c4cc5nc(C(C)(C)C)cc(C(F)(F)F)n5n4)c23)c1C. The van der Waals surface area contributed by atoms with Gasteiger partial charge in [0.25, 0.3) is 18.2 Å². The molecule has 3 N–H and O–H groups in total. The standard InChI is InChI=1S/C27H25F5N8O2S/c1-6-39-11(2)13(10-34-39)12-7-14(22(28)29)35-25-19(12)20(21(43-25)23(33)41)37-24(42)15-8-18-36-16(26(3,4)5)9-17(27(30,31)32)40(18)38-15/h7-10,22H,6H2,1-5H3,(H2,33,41)(H,37,42). The molecule has 5 rings (SSSR count). The van der Waals surface area contributed by atoms with Crippen LogP contribution in [0.2, 0.25) is 0 Å². The second-order valence-corrected chi connectivity index (χ2v) is 11.7. The summed E-state index contributed by atoms with van der Waals surface area (Å²) in [7, 11) is 0. The Morgan fingerprint density at radius 3 is 2.35 bits per heavy atom. The number of aromatic nitrogens is 6. The molecule has 10 nitrogen and oxygen atoms in total. The second kappa shape index (κ2) is 10.4. The van der Waals surface area contributed by atoms with Gasteiger partial charge >= 0.3 is 6.18 Å². The van der Waals surface area contributed by atoms with Crippen molar-refractivity contribution in [2.75, 3.05) is 5.32 Å². The van der Waals surface area contributed by atoms with Gasteiger partial charge in [-0.3, -0.25) is 14.3 Å². The number of aryl methyl sites for hydroxylation is 1. The highest BCUT2D eigenvalue weighted by molar-refractivity contribution is 7.21. The summed E-state index contributed by atoms with van der Waals surface area (Å²) in [6.07, 6.45) is -6.30. The van der Waals surface area contributed by atoms with Crippen molar-refractivity contribution in [2.24, 2.45) is 5.73 Å². The highest BCUT2D eigenvalue weighted by atomic mass is 32.1. The number of hydrogen-bond donors (Lipinski definition) is 2. The van der Waals surface area contributed by atoms with E-state index in [9.17, 15) is 31.5 Å². The quantitative estimate of drug-likeness (QED) is 0.219. The number of hydrogen-bond acceptors (Lipinski definition) is 7. The minimum Gasteiger partial charge on any atom is -0.365 e. The van der Waals surface area contributed by atoms with Gasteiger partial charge in [-0.05, 0) is 31.5 Å². The van der Waals surface area contributed by atoms with Crippen LogP contribution in [-0.2, 0) is 18.1 Å². The van der Waals surface area contributed by atoms with E-state index in [1.165, 1.54) is 6.20 Å². The minimum absolute atomic E-state index is 0.00797. The average molecular weight is 621 g/mol. The zero-order valence-electron chi connectivity index (χ0n) is 23.5. The zero-order chi connectivity index (χ0) is 31.6. The molecule has 0 aromatic carbocycles. The number of halogens is 5. The van der Waals surface area contributed by atoms with Crippen LogP contribution in [0.1, 0.15) is 77.1 Å². The number of carbonyl (C=O) groups is 2. The Morgan fingerprint density at radius 1 is 1.09 bits per heavy atom. The maximum absolute atomic E-state index is 14.0. The van der Waals surface area contributed by atoms with E-state index in [2.05, 4.69) is 25.5 Å². The molecule has 0 bridgehead atoms. The van der Waals surface area contributed by atoms with Crippen molar-refractivity contribution < 1.29 is 31.5 Å². The Kier molecular flexibility index (Phi) is 7.23. The first-order valence-corrected chi connectivity index (χ1v) is 13.7. The van der Waals surface area contributed by atoms with E-state index in [1.54, 1.807) is 32.4 Å². The average Bonchev–Trinajstić information content (AvgIpc) is 3.61. The molecule has 43 heavy (non-hydrogen) atoms. The third-order valence-corrected chi connectivity index (χ3v) is 7.88. The number of pyridine rings is 1. The summed E-state index contributed by atoms with van der Waals surface area (Å²) in [6.45, 7) is 9.14. The lowest BCUT2D eigenvalue weighted by Gasteiger charge is -2.19. The van der Waals surface area contributed by atoms with E-state index in [1.807, 2.05) is 6.92 Å². The molecule has 2 amide bonds. The smallest absolute Gasteiger partial charge is 0.365 e. The molecule has 0 aliphatic rings. The molecule has 5 aromatic rings. The second-order valence-electron chi connectivity index (χ2n) is 10.7. The topological polar surface area (TPSA) is 133 Å². The number of primary amides is 1. The third kappa shape index (κ3) is 5.30. The Hall–Kier alpha value is -4.47. The van der Waals surface area contributed by atoms with Gasteiger partial charge in [0.05, 0.1) is 17.6 Å². The van der Waals surface area contributed by atoms with Crippen molar-refractivity contribution in [3.05, 3.63) is 57.7 Å². The summed E-state index contributed by atoms with van der Waals surface area (Å²) in [4.78, 5) is 34.0. The van der Waals surface area contributed by atoms with Gasteiger partial charge in [0.2, 0.25) is 0 Å². The molecule has 0 fully saturated rings. The fourth-order valence-corrected chi connectivity index (χ4v) is 5.63. The van der Waals surface area contributed by atoms with Crippen molar-refractivity contribution in [1.29, 1.82) is 0 Å². The first kappa shape index (κ1) is 30.0. The monoisotopic (exact) mass is 620 g/mol. The van der Waals surface area contributed by atoms with Gasteiger partial charge in [-0.25, -0.2) is 23.3 Å². The number of carbonyl (C=O) groups excluding carboxylic acids is 2. The number of nitrogens with zero attached hydrogens (tertiary/aromatic N) is 6. The summed E-state index contributed by atoms with van der Waals surface area (Å²) in [5.74, 6) is -1.96. The lowest BCUT2D eigenvalue weighted by atomic mass is 9.91. The number of nitrogens with one attached hydrogen (secondary N) is 1. The fourth-order valence-electron chi connectivity index (χ4n) is 4.61. The highest BCUT2D eigenvalue weighted by Crippen LogP contribution is 2.43. The van der Waals surface area contributed by atoms with Crippen LogP contribution in [0.4, 0.5) is 27.6 Å². The van der Waals surface area contributed by atoms with Crippen molar-refractivity contribution in [1.82, 2.24) is 29.4 Å². The van der Waals surface area contributed by atoms with E-state index in [0.717, 1.165) is 18.2 Å². The van der Waals surface area contributed by atoms with Gasteiger partial charge in [0.1, 0.15) is 21.1 Å². The molecular formula is C27H25F5N8O2S. The van der Waals surface area contributed by atoms with Gasteiger partial charge in [-0.15, -0.1) is 11.3 Å². The fraction of sp³-hybridized carbons (Fsp3) is 0.333. The number of nitrogens with two attached hydrogens (primary N) is 1. The summed E-state index contributed by atoms with van der Waals surface area (Å²) >= 11 is 0.696. The van der Waals surface area contributed by atoms with Crippen LogP contribution < -0.4 is 11.1 Å². The number of rotatable bonds is 6. The van der Waals surface area contributed by atoms with Gasteiger partial charge in [-0.1, -0.05) is 20.8 Å². The molecule has 0 aliphatic heterocycles. The Morgan fingerprint density at radius 2 is 1.79 bits per heavy atom. The van der Waals surface area contributed by atoms with Crippen molar-refractivity contribution in [3.8, 4) is 11.1 Å². The number of amides is 2. The van der Waals surface area contributed by atoms with Crippen LogP contribution in [0.25, 0.3) is 27.0 Å². The molecule has 5 aromatic heterocycles. The molecule has 0 atom stereocenters. The van der Waals surface area contributed by atoms with Gasteiger partial charge < -0.3 is 11.1 Å².